The Labute approximate surface area is 108 Å². The van der Waals surface area contributed by atoms with E-state index in [9.17, 15) is 0 Å². The molecule has 1 aliphatic heterocycles. The zero-order valence-electron chi connectivity index (χ0n) is 10.9. The third-order valence-electron chi connectivity index (χ3n) is 3.87. The lowest BCUT2D eigenvalue weighted by molar-refractivity contribution is 0.163. The molecule has 18 heavy (non-hydrogen) atoms. The molecule has 3 rings (SSSR count). The Balaban J connectivity index is 1.60. The molecule has 1 aromatic heterocycles. The Hall–Kier alpha value is -1.29. The molecule has 4 heteroatoms. The van der Waals surface area contributed by atoms with Gasteiger partial charge >= 0.3 is 0 Å². The standard InChI is InChI=1S/C14H21N3O/c1-10-7-13(15)14(16-8-10)18-9-12-3-2-6-17(12)11-4-5-11/h7-8,11-12H,2-6,9,15H2,1H3. The van der Waals surface area contributed by atoms with E-state index in [1.807, 2.05) is 13.0 Å². The van der Waals surface area contributed by atoms with Crippen LogP contribution in [-0.2, 0) is 0 Å². The lowest BCUT2D eigenvalue weighted by Crippen LogP contribution is -2.35. The number of aryl methyl sites for hydroxylation is 1. The van der Waals surface area contributed by atoms with Gasteiger partial charge in [-0.2, -0.15) is 0 Å². The molecule has 0 aromatic carbocycles. The van der Waals surface area contributed by atoms with Gasteiger partial charge in [0, 0.05) is 18.3 Å². The van der Waals surface area contributed by atoms with Gasteiger partial charge in [-0.25, -0.2) is 4.98 Å². The maximum absolute atomic E-state index is 5.91. The number of hydrogen-bond acceptors (Lipinski definition) is 4. The second-order valence-electron chi connectivity index (χ2n) is 5.48. The molecule has 1 unspecified atom stereocenters. The molecule has 2 heterocycles. The van der Waals surface area contributed by atoms with Crippen LogP contribution in [0.2, 0.25) is 0 Å². The van der Waals surface area contributed by atoms with Crippen LogP contribution in [0.15, 0.2) is 12.3 Å². The first-order valence-corrected chi connectivity index (χ1v) is 6.84. The van der Waals surface area contributed by atoms with Crippen molar-refractivity contribution < 1.29 is 4.74 Å². The summed E-state index contributed by atoms with van der Waals surface area (Å²) in [5.74, 6) is 0.586. The number of anilines is 1. The summed E-state index contributed by atoms with van der Waals surface area (Å²) in [6.07, 6.45) is 7.06. The van der Waals surface area contributed by atoms with E-state index in [4.69, 9.17) is 10.5 Å². The average Bonchev–Trinajstić information content (AvgIpc) is 3.08. The van der Waals surface area contributed by atoms with Gasteiger partial charge in [0.2, 0.25) is 5.88 Å². The molecule has 1 aromatic rings. The van der Waals surface area contributed by atoms with Crippen molar-refractivity contribution in [2.75, 3.05) is 18.9 Å². The first-order valence-electron chi connectivity index (χ1n) is 6.84. The van der Waals surface area contributed by atoms with Crippen molar-refractivity contribution in [3.8, 4) is 5.88 Å². The van der Waals surface area contributed by atoms with E-state index in [1.54, 1.807) is 6.20 Å². The third-order valence-corrected chi connectivity index (χ3v) is 3.87. The molecule has 0 bridgehead atoms. The summed E-state index contributed by atoms with van der Waals surface area (Å²) < 4.78 is 5.81. The molecule has 2 N–H and O–H groups in total. The first kappa shape index (κ1) is 11.8. The summed E-state index contributed by atoms with van der Waals surface area (Å²) in [4.78, 5) is 6.86. The highest BCUT2D eigenvalue weighted by molar-refractivity contribution is 5.49. The quantitative estimate of drug-likeness (QED) is 0.884. The average molecular weight is 247 g/mol. The number of nitrogen functional groups attached to an aromatic ring is 1. The number of hydrogen-bond donors (Lipinski definition) is 1. The van der Waals surface area contributed by atoms with Crippen LogP contribution in [0.1, 0.15) is 31.2 Å². The van der Waals surface area contributed by atoms with Crippen LogP contribution in [0, 0.1) is 6.92 Å². The van der Waals surface area contributed by atoms with Gasteiger partial charge in [-0.05, 0) is 50.8 Å². The number of likely N-dealkylation sites (tertiary alicyclic amines) is 1. The fourth-order valence-corrected chi connectivity index (χ4v) is 2.80. The summed E-state index contributed by atoms with van der Waals surface area (Å²) in [6, 6.07) is 3.29. The molecule has 0 spiro atoms. The lowest BCUT2D eigenvalue weighted by atomic mass is 10.2. The molecule has 1 saturated carbocycles. The monoisotopic (exact) mass is 247 g/mol. The van der Waals surface area contributed by atoms with Crippen LogP contribution in [0.3, 0.4) is 0 Å². The van der Waals surface area contributed by atoms with Gasteiger partial charge in [-0.3, -0.25) is 4.90 Å². The first-order chi connectivity index (χ1) is 8.74. The Morgan fingerprint density at radius 1 is 1.44 bits per heavy atom. The highest BCUT2D eigenvalue weighted by Gasteiger charge is 2.36. The SMILES string of the molecule is Cc1cnc(OCC2CCCN2C2CC2)c(N)c1. The molecule has 0 amide bonds. The maximum atomic E-state index is 5.91. The third kappa shape index (κ3) is 2.43. The molecule has 1 saturated heterocycles. The zero-order valence-corrected chi connectivity index (χ0v) is 10.9. The smallest absolute Gasteiger partial charge is 0.237 e. The summed E-state index contributed by atoms with van der Waals surface area (Å²) in [7, 11) is 0. The predicted molar refractivity (Wildman–Crippen MR) is 71.6 cm³/mol. The summed E-state index contributed by atoms with van der Waals surface area (Å²) in [5.41, 5.74) is 7.63. The van der Waals surface area contributed by atoms with Gasteiger partial charge < -0.3 is 10.5 Å². The Morgan fingerprint density at radius 2 is 2.28 bits per heavy atom. The number of nitrogens with zero attached hydrogens (tertiary/aromatic N) is 2. The molecular formula is C14H21N3O. The molecule has 4 nitrogen and oxygen atoms in total. The highest BCUT2D eigenvalue weighted by atomic mass is 16.5. The number of rotatable bonds is 4. The number of aromatic nitrogens is 1. The molecule has 2 fully saturated rings. The maximum Gasteiger partial charge on any atom is 0.237 e. The van der Waals surface area contributed by atoms with Crippen LogP contribution in [0.4, 0.5) is 5.69 Å². The summed E-state index contributed by atoms with van der Waals surface area (Å²) in [5, 5.41) is 0. The number of pyridine rings is 1. The minimum Gasteiger partial charge on any atom is -0.475 e. The van der Waals surface area contributed by atoms with E-state index in [-0.39, 0.29) is 0 Å². The fraction of sp³-hybridized carbons (Fsp3) is 0.643. The van der Waals surface area contributed by atoms with Gasteiger partial charge in [0.1, 0.15) is 6.61 Å². The summed E-state index contributed by atoms with van der Waals surface area (Å²) in [6.45, 7) is 3.94. The molecule has 1 aliphatic carbocycles. The van der Waals surface area contributed by atoms with Crippen LogP contribution in [-0.4, -0.2) is 35.1 Å². The van der Waals surface area contributed by atoms with Crippen LogP contribution >= 0.6 is 0 Å². The Bertz CT molecular complexity index is 431. The molecule has 2 aliphatic rings. The van der Waals surface area contributed by atoms with Crippen molar-refractivity contribution >= 4 is 5.69 Å². The van der Waals surface area contributed by atoms with Crippen molar-refractivity contribution in [2.24, 2.45) is 0 Å². The van der Waals surface area contributed by atoms with Crippen molar-refractivity contribution in [3.63, 3.8) is 0 Å². The van der Waals surface area contributed by atoms with E-state index in [2.05, 4.69) is 9.88 Å². The molecule has 98 valence electrons. The largest absolute Gasteiger partial charge is 0.475 e. The van der Waals surface area contributed by atoms with E-state index in [1.165, 1.54) is 32.2 Å². The summed E-state index contributed by atoms with van der Waals surface area (Å²) >= 11 is 0. The number of nitrogens with two attached hydrogens (primary N) is 1. The minimum atomic E-state index is 0.556. The second-order valence-corrected chi connectivity index (χ2v) is 5.48. The zero-order chi connectivity index (χ0) is 12.5. The van der Waals surface area contributed by atoms with E-state index in [0.29, 0.717) is 17.6 Å². The normalized spacial score (nSPS) is 24.4. The Morgan fingerprint density at radius 3 is 3.00 bits per heavy atom. The number of ether oxygens (including phenoxy) is 1. The van der Waals surface area contributed by atoms with Gasteiger partial charge in [0.15, 0.2) is 0 Å². The molecule has 1 atom stereocenters. The van der Waals surface area contributed by atoms with Crippen molar-refractivity contribution in [3.05, 3.63) is 17.8 Å². The highest BCUT2D eigenvalue weighted by Crippen LogP contribution is 2.33. The predicted octanol–water partition coefficient (Wildman–Crippen LogP) is 1.98. The van der Waals surface area contributed by atoms with Gasteiger partial charge in [-0.1, -0.05) is 0 Å². The van der Waals surface area contributed by atoms with Crippen molar-refractivity contribution in [1.82, 2.24) is 9.88 Å². The van der Waals surface area contributed by atoms with Gasteiger partial charge in [-0.15, -0.1) is 0 Å². The fourth-order valence-electron chi connectivity index (χ4n) is 2.80. The van der Waals surface area contributed by atoms with Gasteiger partial charge in [0.05, 0.1) is 5.69 Å². The molecule has 0 radical (unpaired) electrons. The minimum absolute atomic E-state index is 0.556. The topological polar surface area (TPSA) is 51.4 Å². The lowest BCUT2D eigenvalue weighted by Gasteiger charge is -2.24. The molecular weight excluding hydrogens is 226 g/mol. The van der Waals surface area contributed by atoms with E-state index >= 15 is 0 Å². The van der Waals surface area contributed by atoms with Crippen molar-refractivity contribution in [2.45, 2.75) is 44.7 Å². The van der Waals surface area contributed by atoms with E-state index < -0.39 is 0 Å². The van der Waals surface area contributed by atoms with E-state index in [0.717, 1.165) is 18.2 Å². The van der Waals surface area contributed by atoms with Crippen LogP contribution in [0.25, 0.3) is 0 Å². The Kier molecular flexibility index (Phi) is 3.12. The van der Waals surface area contributed by atoms with Crippen LogP contribution in [0.5, 0.6) is 5.88 Å². The van der Waals surface area contributed by atoms with Gasteiger partial charge in [0.25, 0.3) is 0 Å². The second kappa shape index (κ2) is 4.76. The van der Waals surface area contributed by atoms with Crippen LogP contribution < -0.4 is 10.5 Å². The van der Waals surface area contributed by atoms with Crippen molar-refractivity contribution in [1.29, 1.82) is 0 Å².